The molecule has 0 spiro atoms. The number of aryl methyl sites for hydroxylation is 1. The van der Waals surface area contributed by atoms with Crippen molar-refractivity contribution in [3.63, 3.8) is 0 Å². The van der Waals surface area contributed by atoms with Crippen molar-refractivity contribution in [2.75, 3.05) is 7.11 Å². The molecular weight excluding hydrogens is 364 g/mol. The Morgan fingerprint density at radius 2 is 1.68 bits per heavy atom. The number of para-hydroxylation sites is 1. The minimum Gasteiger partial charge on any atom is -0.497 e. The van der Waals surface area contributed by atoms with E-state index in [4.69, 9.17) is 9.72 Å². The summed E-state index contributed by atoms with van der Waals surface area (Å²) in [4.78, 5) is 10.7. The standard InChI is InChI=1S/C24H20N2OS/c1-17-7-13-22(14-8-17)28-24-19(15-18-5-3-4-6-23(18)26-24)16-25-20-9-11-21(27-2)12-10-20/h3-16H,1-2H3. The lowest BCUT2D eigenvalue weighted by Crippen LogP contribution is -1.92. The van der Waals surface area contributed by atoms with Gasteiger partial charge in [-0.05, 0) is 55.5 Å². The molecule has 0 radical (unpaired) electrons. The first-order valence-corrected chi connectivity index (χ1v) is 9.85. The predicted octanol–water partition coefficient (Wildman–Crippen LogP) is 6.45. The molecule has 4 rings (SSSR count). The van der Waals surface area contributed by atoms with E-state index in [1.807, 2.05) is 48.7 Å². The maximum atomic E-state index is 5.21. The second-order valence-corrected chi connectivity index (χ2v) is 7.51. The average molecular weight is 385 g/mol. The number of rotatable bonds is 5. The molecule has 3 nitrogen and oxygen atoms in total. The zero-order valence-corrected chi connectivity index (χ0v) is 16.6. The topological polar surface area (TPSA) is 34.5 Å². The van der Waals surface area contributed by atoms with Crippen LogP contribution in [0.25, 0.3) is 10.9 Å². The highest BCUT2D eigenvalue weighted by Gasteiger charge is 2.08. The highest BCUT2D eigenvalue weighted by molar-refractivity contribution is 7.99. The number of hydrogen-bond acceptors (Lipinski definition) is 4. The summed E-state index contributed by atoms with van der Waals surface area (Å²) in [6.07, 6.45) is 1.89. The van der Waals surface area contributed by atoms with Crippen LogP contribution in [0.15, 0.2) is 93.8 Å². The average Bonchev–Trinajstić information content (AvgIpc) is 2.74. The molecule has 0 saturated heterocycles. The van der Waals surface area contributed by atoms with Gasteiger partial charge < -0.3 is 4.74 Å². The molecule has 138 valence electrons. The van der Waals surface area contributed by atoms with Crippen molar-refractivity contribution in [3.05, 3.63) is 90.0 Å². The molecule has 0 aliphatic heterocycles. The number of aliphatic imine (C=N–C) groups is 1. The maximum Gasteiger partial charge on any atom is 0.119 e. The SMILES string of the molecule is COc1ccc(N=Cc2cc3ccccc3nc2Sc2ccc(C)cc2)cc1. The zero-order valence-electron chi connectivity index (χ0n) is 15.8. The molecule has 0 N–H and O–H groups in total. The number of aromatic nitrogens is 1. The van der Waals surface area contributed by atoms with E-state index in [0.717, 1.165) is 37.8 Å². The van der Waals surface area contributed by atoms with Crippen LogP contribution in [-0.4, -0.2) is 18.3 Å². The van der Waals surface area contributed by atoms with Crippen LogP contribution < -0.4 is 4.74 Å². The number of nitrogens with zero attached hydrogens (tertiary/aromatic N) is 2. The van der Waals surface area contributed by atoms with Crippen molar-refractivity contribution in [2.24, 2.45) is 4.99 Å². The van der Waals surface area contributed by atoms with Gasteiger partial charge in [-0.2, -0.15) is 0 Å². The molecule has 4 aromatic rings. The molecule has 0 aliphatic rings. The Morgan fingerprint density at radius 3 is 2.43 bits per heavy atom. The second kappa shape index (κ2) is 8.28. The summed E-state index contributed by atoms with van der Waals surface area (Å²) in [6.45, 7) is 2.09. The first-order chi connectivity index (χ1) is 13.7. The summed E-state index contributed by atoms with van der Waals surface area (Å²) >= 11 is 1.66. The predicted molar refractivity (Wildman–Crippen MR) is 117 cm³/mol. The van der Waals surface area contributed by atoms with E-state index in [9.17, 15) is 0 Å². The second-order valence-electron chi connectivity index (χ2n) is 6.45. The molecule has 28 heavy (non-hydrogen) atoms. The van der Waals surface area contributed by atoms with Crippen molar-refractivity contribution in [1.29, 1.82) is 0 Å². The van der Waals surface area contributed by atoms with Gasteiger partial charge in [0.1, 0.15) is 10.8 Å². The third-order valence-corrected chi connectivity index (χ3v) is 5.41. The summed E-state index contributed by atoms with van der Waals surface area (Å²) in [5, 5.41) is 2.05. The number of benzene rings is 3. The number of ether oxygens (including phenoxy) is 1. The number of pyridine rings is 1. The minimum absolute atomic E-state index is 0.821. The van der Waals surface area contributed by atoms with Gasteiger partial charge in [-0.15, -0.1) is 0 Å². The van der Waals surface area contributed by atoms with Gasteiger partial charge in [0.2, 0.25) is 0 Å². The van der Waals surface area contributed by atoms with Gasteiger partial charge in [0.25, 0.3) is 0 Å². The van der Waals surface area contributed by atoms with Crippen LogP contribution in [0.1, 0.15) is 11.1 Å². The van der Waals surface area contributed by atoms with Crippen LogP contribution in [0.3, 0.4) is 0 Å². The first kappa shape index (κ1) is 18.3. The van der Waals surface area contributed by atoms with Gasteiger partial charge in [-0.1, -0.05) is 47.7 Å². The largest absolute Gasteiger partial charge is 0.497 e. The minimum atomic E-state index is 0.821. The Labute approximate surface area is 169 Å². The Hall–Kier alpha value is -3.11. The lowest BCUT2D eigenvalue weighted by Gasteiger charge is -2.08. The Kier molecular flexibility index (Phi) is 5.40. The summed E-state index contributed by atoms with van der Waals surface area (Å²) in [5.41, 5.74) is 4.11. The maximum absolute atomic E-state index is 5.21. The van der Waals surface area contributed by atoms with E-state index in [-0.39, 0.29) is 0 Å². The lowest BCUT2D eigenvalue weighted by molar-refractivity contribution is 0.415. The van der Waals surface area contributed by atoms with Crippen molar-refractivity contribution >= 4 is 34.6 Å². The molecule has 0 fully saturated rings. The Balaban J connectivity index is 1.71. The molecule has 1 aromatic heterocycles. The summed E-state index contributed by atoms with van der Waals surface area (Å²) in [6, 6.07) is 26.5. The van der Waals surface area contributed by atoms with Crippen molar-refractivity contribution < 1.29 is 4.74 Å². The van der Waals surface area contributed by atoms with Crippen LogP contribution in [0.4, 0.5) is 5.69 Å². The van der Waals surface area contributed by atoms with Crippen LogP contribution in [-0.2, 0) is 0 Å². The summed E-state index contributed by atoms with van der Waals surface area (Å²) in [5.74, 6) is 0.821. The van der Waals surface area contributed by atoms with Gasteiger partial charge in [0.05, 0.1) is 18.3 Å². The molecule has 4 heteroatoms. The monoisotopic (exact) mass is 384 g/mol. The van der Waals surface area contributed by atoms with Gasteiger partial charge in [0.15, 0.2) is 0 Å². The van der Waals surface area contributed by atoms with E-state index in [2.05, 4.69) is 48.3 Å². The van der Waals surface area contributed by atoms with Crippen LogP contribution in [0.5, 0.6) is 5.75 Å². The normalized spacial score (nSPS) is 11.2. The van der Waals surface area contributed by atoms with E-state index < -0.39 is 0 Å². The fourth-order valence-electron chi connectivity index (χ4n) is 2.82. The lowest BCUT2D eigenvalue weighted by atomic mass is 10.2. The molecule has 0 unspecified atom stereocenters. The fourth-order valence-corrected chi connectivity index (χ4v) is 3.69. The van der Waals surface area contributed by atoms with Crippen molar-refractivity contribution in [3.8, 4) is 5.75 Å². The van der Waals surface area contributed by atoms with Gasteiger partial charge in [-0.25, -0.2) is 4.98 Å². The summed E-state index contributed by atoms with van der Waals surface area (Å²) in [7, 11) is 1.66. The van der Waals surface area contributed by atoms with Crippen molar-refractivity contribution in [2.45, 2.75) is 16.8 Å². The molecule has 0 aliphatic carbocycles. The van der Waals surface area contributed by atoms with Crippen LogP contribution in [0, 0.1) is 6.92 Å². The molecule has 0 bridgehead atoms. The van der Waals surface area contributed by atoms with Crippen LogP contribution in [0.2, 0.25) is 0 Å². The number of hydrogen-bond donors (Lipinski definition) is 0. The van der Waals surface area contributed by atoms with Crippen LogP contribution >= 0.6 is 11.8 Å². The molecule has 1 heterocycles. The van der Waals surface area contributed by atoms with Crippen molar-refractivity contribution in [1.82, 2.24) is 4.98 Å². The molecule has 3 aromatic carbocycles. The zero-order chi connectivity index (χ0) is 19.3. The third-order valence-electron chi connectivity index (χ3n) is 4.38. The molecule has 0 amide bonds. The van der Waals surface area contributed by atoms with E-state index in [1.54, 1.807) is 18.9 Å². The number of methoxy groups -OCH3 is 1. The fraction of sp³-hybridized carbons (Fsp3) is 0.0833. The highest BCUT2D eigenvalue weighted by atomic mass is 32.2. The molecule has 0 atom stereocenters. The number of fused-ring (bicyclic) bond motifs is 1. The molecular formula is C24H20N2OS. The van der Waals surface area contributed by atoms with E-state index in [1.165, 1.54) is 5.56 Å². The smallest absolute Gasteiger partial charge is 0.119 e. The van der Waals surface area contributed by atoms with Gasteiger partial charge in [0, 0.05) is 22.1 Å². The van der Waals surface area contributed by atoms with Gasteiger partial charge >= 0.3 is 0 Å². The molecule has 0 saturated carbocycles. The Morgan fingerprint density at radius 1 is 0.929 bits per heavy atom. The summed E-state index contributed by atoms with van der Waals surface area (Å²) < 4.78 is 5.21. The van der Waals surface area contributed by atoms with Gasteiger partial charge in [-0.3, -0.25) is 4.99 Å². The Bertz CT molecular complexity index is 1120. The first-order valence-electron chi connectivity index (χ1n) is 9.04. The highest BCUT2D eigenvalue weighted by Crippen LogP contribution is 2.31. The third kappa shape index (κ3) is 4.24. The van der Waals surface area contributed by atoms with E-state index in [0.29, 0.717) is 0 Å². The van der Waals surface area contributed by atoms with E-state index >= 15 is 0 Å². The quantitative estimate of drug-likeness (QED) is 0.371.